The van der Waals surface area contributed by atoms with E-state index in [1.165, 1.54) is 23.4 Å². The zero-order valence-electron chi connectivity index (χ0n) is 19.9. The fourth-order valence-corrected chi connectivity index (χ4v) is 4.62. The normalized spacial score (nSPS) is 17.4. The molecule has 0 aliphatic carbocycles. The summed E-state index contributed by atoms with van der Waals surface area (Å²) in [5.41, 5.74) is 3.17. The Morgan fingerprint density at radius 1 is 1.06 bits per heavy atom. The van der Waals surface area contributed by atoms with Gasteiger partial charge in [0.15, 0.2) is 0 Å². The van der Waals surface area contributed by atoms with Crippen LogP contribution in [0.1, 0.15) is 36.8 Å². The molecule has 0 saturated carbocycles. The van der Waals surface area contributed by atoms with E-state index in [2.05, 4.69) is 45.6 Å². The highest BCUT2D eigenvalue weighted by molar-refractivity contribution is 6.04. The second kappa shape index (κ2) is 11.8. The topological polar surface area (TPSA) is 74.2 Å². The lowest BCUT2D eigenvalue weighted by Gasteiger charge is -2.32. The number of ether oxygens (including phenoxy) is 1. The number of carbonyl (C=O) groups is 2. The third-order valence-electron chi connectivity index (χ3n) is 6.65. The molecule has 7 heteroatoms. The lowest BCUT2D eigenvalue weighted by Crippen LogP contribution is -2.43. The van der Waals surface area contributed by atoms with E-state index in [0.29, 0.717) is 19.4 Å². The Morgan fingerprint density at radius 3 is 2.50 bits per heavy atom. The van der Waals surface area contributed by atoms with E-state index in [4.69, 9.17) is 4.74 Å². The number of benzene rings is 2. The van der Waals surface area contributed by atoms with Crippen molar-refractivity contribution in [2.45, 2.75) is 32.1 Å². The van der Waals surface area contributed by atoms with E-state index in [1.807, 2.05) is 24.3 Å². The van der Waals surface area contributed by atoms with Crippen LogP contribution in [0.15, 0.2) is 59.7 Å². The molecule has 0 atom stereocenters. The predicted octanol–water partition coefficient (Wildman–Crippen LogP) is 3.09. The Labute approximate surface area is 201 Å². The highest BCUT2D eigenvalue weighted by Crippen LogP contribution is 2.21. The lowest BCUT2D eigenvalue weighted by atomic mass is 9.90. The van der Waals surface area contributed by atoms with Crippen molar-refractivity contribution in [1.82, 2.24) is 15.2 Å². The Balaban J connectivity index is 1.19. The number of rotatable bonds is 9. The molecular formula is C27H34N4O3. The maximum atomic E-state index is 12.5. The molecular weight excluding hydrogens is 428 g/mol. The second-order valence-electron chi connectivity index (χ2n) is 9.05. The van der Waals surface area contributed by atoms with Crippen LogP contribution in [0.25, 0.3) is 0 Å². The van der Waals surface area contributed by atoms with Crippen molar-refractivity contribution in [3.8, 4) is 5.75 Å². The van der Waals surface area contributed by atoms with Gasteiger partial charge in [-0.3, -0.25) is 9.59 Å². The zero-order valence-corrected chi connectivity index (χ0v) is 19.9. The van der Waals surface area contributed by atoms with Crippen LogP contribution in [0, 0.1) is 5.92 Å². The first-order valence-electron chi connectivity index (χ1n) is 12.2. The number of nitrogens with zero attached hydrogens (tertiary/aromatic N) is 3. The third kappa shape index (κ3) is 6.67. The van der Waals surface area contributed by atoms with E-state index in [1.54, 1.807) is 7.11 Å². The number of methoxy groups -OCH3 is 1. The fourth-order valence-electron chi connectivity index (χ4n) is 4.62. The summed E-state index contributed by atoms with van der Waals surface area (Å²) in [4.78, 5) is 27.2. The maximum Gasteiger partial charge on any atom is 0.243 e. The Kier molecular flexibility index (Phi) is 8.31. The molecule has 1 saturated heterocycles. The van der Waals surface area contributed by atoms with Gasteiger partial charge < -0.3 is 15.0 Å². The van der Waals surface area contributed by atoms with Crippen LogP contribution in [0.5, 0.6) is 5.75 Å². The molecule has 0 aromatic heterocycles. The van der Waals surface area contributed by atoms with Crippen LogP contribution in [-0.4, -0.2) is 67.3 Å². The Morgan fingerprint density at radius 2 is 1.79 bits per heavy atom. The molecule has 0 spiro atoms. The summed E-state index contributed by atoms with van der Waals surface area (Å²) in [6, 6.07) is 18.3. The highest BCUT2D eigenvalue weighted by atomic mass is 16.5. The molecule has 2 aliphatic heterocycles. The minimum Gasteiger partial charge on any atom is -0.497 e. The lowest BCUT2D eigenvalue weighted by molar-refractivity contribution is -0.136. The number of hydrogen-bond acceptors (Lipinski definition) is 5. The third-order valence-corrected chi connectivity index (χ3v) is 6.65. The molecule has 4 rings (SSSR count). The van der Waals surface area contributed by atoms with Crippen molar-refractivity contribution in [2.24, 2.45) is 11.0 Å². The number of carbonyl (C=O) groups excluding carboxylic acids is 2. The minimum absolute atomic E-state index is 0.0440. The Bertz CT molecular complexity index is 983. The molecule has 180 valence electrons. The number of amides is 2. The van der Waals surface area contributed by atoms with Crippen molar-refractivity contribution in [2.75, 3.05) is 39.8 Å². The van der Waals surface area contributed by atoms with Crippen molar-refractivity contribution in [1.29, 1.82) is 0 Å². The maximum absolute atomic E-state index is 12.5. The number of likely N-dealkylation sites (tertiary alicyclic amines) is 1. The largest absolute Gasteiger partial charge is 0.497 e. The first kappa shape index (κ1) is 24.0. The average molecular weight is 463 g/mol. The van der Waals surface area contributed by atoms with E-state index >= 15 is 0 Å². The molecule has 1 fully saturated rings. The molecule has 2 amide bonds. The van der Waals surface area contributed by atoms with Gasteiger partial charge in [0.2, 0.25) is 11.8 Å². The van der Waals surface area contributed by atoms with Gasteiger partial charge in [-0.25, -0.2) is 5.01 Å². The molecule has 1 N–H and O–H groups in total. The molecule has 0 bridgehead atoms. The summed E-state index contributed by atoms with van der Waals surface area (Å²) in [5, 5.41) is 8.71. The van der Waals surface area contributed by atoms with Gasteiger partial charge in [0.25, 0.3) is 0 Å². The van der Waals surface area contributed by atoms with Crippen molar-refractivity contribution in [3.05, 3.63) is 65.7 Å². The smallest absolute Gasteiger partial charge is 0.243 e. The van der Waals surface area contributed by atoms with E-state index in [9.17, 15) is 9.59 Å². The van der Waals surface area contributed by atoms with Gasteiger partial charge in [-0.1, -0.05) is 30.3 Å². The zero-order chi connectivity index (χ0) is 23.8. The van der Waals surface area contributed by atoms with Gasteiger partial charge in [-0.2, -0.15) is 5.10 Å². The van der Waals surface area contributed by atoms with Crippen molar-refractivity contribution < 1.29 is 14.3 Å². The number of hydrazone groups is 1. The first-order valence-corrected chi connectivity index (χ1v) is 12.2. The SMILES string of the molecule is COc1ccc(C2=NN(CC(=O)NCCN3CCC(Cc4ccccc4)CC3)C(=O)CC2)cc1. The van der Waals surface area contributed by atoms with E-state index in [0.717, 1.165) is 49.0 Å². The van der Waals surface area contributed by atoms with Gasteiger partial charge >= 0.3 is 0 Å². The Hall–Kier alpha value is -3.19. The quantitative estimate of drug-likeness (QED) is 0.622. The minimum atomic E-state index is -0.174. The summed E-state index contributed by atoms with van der Waals surface area (Å²) in [5.74, 6) is 1.21. The molecule has 2 heterocycles. The van der Waals surface area contributed by atoms with Crippen LogP contribution in [0.3, 0.4) is 0 Å². The summed E-state index contributed by atoms with van der Waals surface area (Å²) < 4.78 is 5.20. The van der Waals surface area contributed by atoms with Crippen molar-refractivity contribution >= 4 is 17.5 Å². The van der Waals surface area contributed by atoms with Gasteiger partial charge in [0.1, 0.15) is 12.3 Å². The van der Waals surface area contributed by atoms with Gasteiger partial charge in [0, 0.05) is 25.9 Å². The van der Waals surface area contributed by atoms with Crippen LogP contribution < -0.4 is 10.1 Å². The standard InChI is InChI=1S/C27H34N4O3/c1-34-24-9-7-23(8-10-24)25-11-12-27(33)31(29-25)20-26(32)28-15-18-30-16-13-22(14-17-30)19-21-5-3-2-4-6-21/h2-10,22H,11-20H2,1H3,(H,28,32). The van der Waals surface area contributed by atoms with Gasteiger partial charge in [0.05, 0.1) is 12.8 Å². The molecule has 2 aliphatic rings. The summed E-state index contributed by atoms with van der Waals surface area (Å²) >= 11 is 0. The molecule has 0 radical (unpaired) electrons. The van der Waals surface area contributed by atoms with Crippen molar-refractivity contribution in [3.63, 3.8) is 0 Å². The van der Waals surface area contributed by atoms with Crippen LogP contribution in [0.4, 0.5) is 0 Å². The predicted molar refractivity (Wildman–Crippen MR) is 133 cm³/mol. The van der Waals surface area contributed by atoms with E-state index < -0.39 is 0 Å². The molecule has 2 aromatic rings. The second-order valence-corrected chi connectivity index (χ2v) is 9.05. The number of nitrogens with one attached hydrogen (secondary N) is 1. The summed E-state index contributed by atoms with van der Waals surface area (Å²) in [6.07, 6.45) is 4.45. The van der Waals surface area contributed by atoms with Crippen LogP contribution in [-0.2, 0) is 16.0 Å². The molecule has 2 aromatic carbocycles. The number of piperidine rings is 1. The fraction of sp³-hybridized carbons (Fsp3) is 0.444. The first-order chi connectivity index (χ1) is 16.6. The summed E-state index contributed by atoms with van der Waals surface area (Å²) in [7, 11) is 1.63. The van der Waals surface area contributed by atoms with Crippen LogP contribution >= 0.6 is 0 Å². The average Bonchev–Trinajstić information content (AvgIpc) is 2.87. The molecule has 34 heavy (non-hydrogen) atoms. The highest BCUT2D eigenvalue weighted by Gasteiger charge is 2.24. The van der Waals surface area contributed by atoms with E-state index in [-0.39, 0.29) is 18.4 Å². The number of hydrogen-bond donors (Lipinski definition) is 1. The molecule has 7 nitrogen and oxygen atoms in total. The summed E-state index contributed by atoms with van der Waals surface area (Å²) in [6.45, 7) is 3.50. The van der Waals surface area contributed by atoms with Gasteiger partial charge in [-0.15, -0.1) is 0 Å². The van der Waals surface area contributed by atoms with Crippen LogP contribution in [0.2, 0.25) is 0 Å². The molecule has 0 unspecified atom stereocenters. The van der Waals surface area contributed by atoms with Gasteiger partial charge in [-0.05, 0) is 73.7 Å². The monoisotopic (exact) mass is 462 g/mol.